The Morgan fingerprint density at radius 1 is 1.53 bits per heavy atom. The number of nitrogens with one attached hydrogen (secondary N) is 2. The van der Waals surface area contributed by atoms with E-state index >= 15 is 0 Å². The summed E-state index contributed by atoms with van der Waals surface area (Å²) in [6, 6.07) is 0. The molecular formula is C8H7Cl2N5. The van der Waals surface area contributed by atoms with Gasteiger partial charge >= 0.3 is 0 Å². The largest absolute Gasteiger partial charge is 0.363 e. The highest BCUT2D eigenvalue weighted by Gasteiger charge is 2.07. The summed E-state index contributed by atoms with van der Waals surface area (Å²) in [5.74, 6) is 0.560. The lowest BCUT2D eigenvalue weighted by Gasteiger charge is -2.04. The lowest BCUT2D eigenvalue weighted by atomic mass is 10.5. The van der Waals surface area contributed by atoms with Crippen molar-refractivity contribution in [1.82, 2.24) is 19.9 Å². The summed E-state index contributed by atoms with van der Waals surface area (Å²) in [5, 5.41) is 3.60. The molecule has 0 saturated carbocycles. The number of fused-ring (bicyclic) bond motifs is 1. The molecule has 7 heteroatoms. The van der Waals surface area contributed by atoms with E-state index in [1.807, 2.05) is 0 Å². The fourth-order valence-electron chi connectivity index (χ4n) is 1.11. The monoisotopic (exact) mass is 243 g/mol. The highest BCUT2D eigenvalue weighted by atomic mass is 35.5. The minimum Gasteiger partial charge on any atom is -0.363 e. The molecule has 15 heavy (non-hydrogen) atoms. The van der Waals surface area contributed by atoms with Crippen molar-refractivity contribution >= 4 is 40.2 Å². The molecule has 2 heterocycles. The zero-order valence-corrected chi connectivity index (χ0v) is 9.10. The molecule has 0 aromatic carbocycles. The van der Waals surface area contributed by atoms with E-state index in [0.29, 0.717) is 28.6 Å². The first-order valence-electron chi connectivity index (χ1n) is 4.10. The van der Waals surface area contributed by atoms with E-state index in [0.717, 1.165) is 0 Å². The summed E-state index contributed by atoms with van der Waals surface area (Å²) >= 11 is 11.4. The molecular weight excluding hydrogens is 237 g/mol. The van der Waals surface area contributed by atoms with Gasteiger partial charge in [0.25, 0.3) is 0 Å². The van der Waals surface area contributed by atoms with Gasteiger partial charge in [0.15, 0.2) is 11.5 Å². The van der Waals surface area contributed by atoms with Gasteiger partial charge < -0.3 is 10.3 Å². The molecule has 0 amide bonds. The number of aromatic nitrogens is 4. The van der Waals surface area contributed by atoms with Gasteiger partial charge in [-0.25, -0.2) is 4.98 Å². The minimum atomic E-state index is 0.136. The van der Waals surface area contributed by atoms with Gasteiger partial charge in [0, 0.05) is 5.03 Å². The lowest BCUT2D eigenvalue weighted by Crippen LogP contribution is -2.04. The second kappa shape index (κ2) is 4.04. The van der Waals surface area contributed by atoms with Crippen LogP contribution in [-0.4, -0.2) is 26.5 Å². The Hall–Kier alpha value is -1.33. The van der Waals surface area contributed by atoms with Crippen LogP contribution in [0.1, 0.15) is 0 Å². The van der Waals surface area contributed by atoms with Crippen molar-refractivity contribution in [1.29, 1.82) is 0 Å². The van der Waals surface area contributed by atoms with Gasteiger partial charge in [0.2, 0.25) is 5.28 Å². The van der Waals surface area contributed by atoms with E-state index in [-0.39, 0.29) is 5.28 Å². The Morgan fingerprint density at radius 2 is 2.33 bits per heavy atom. The van der Waals surface area contributed by atoms with Crippen molar-refractivity contribution in [3.8, 4) is 0 Å². The van der Waals surface area contributed by atoms with Crippen LogP contribution in [0.5, 0.6) is 0 Å². The van der Waals surface area contributed by atoms with Crippen LogP contribution in [0.2, 0.25) is 5.28 Å². The fraction of sp³-hybridized carbons (Fsp3) is 0.125. The van der Waals surface area contributed by atoms with Gasteiger partial charge in [0.1, 0.15) is 5.52 Å². The summed E-state index contributed by atoms with van der Waals surface area (Å²) in [6.07, 6.45) is 1.52. The molecule has 0 saturated heterocycles. The number of imidazole rings is 1. The van der Waals surface area contributed by atoms with Gasteiger partial charge in [-0.3, -0.25) is 0 Å². The maximum Gasteiger partial charge on any atom is 0.226 e. The van der Waals surface area contributed by atoms with Crippen LogP contribution in [0.25, 0.3) is 11.2 Å². The molecule has 0 unspecified atom stereocenters. The predicted octanol–water partition coefficient (Wildman–Crippen LogP) is 2.17. The van der Waals surface area contributed by atoms with Gasteiger partial charge in [-0.1, -0.05) is 18.2 Å². The van der Waals surface area contributed by atoms with Crippen molar-refractivity contribution in [3.63, 3.8) is 0 Å². The average molecular weight is 244 g/mol. The highest BCUT2D eigenvalue weighted by molar-refractivity contribution is 6.29. The van der Waals surface area contributed by atoms with Gasteiger partial charge in [-0.2, -0.15) is 9.97 Å². The molecule has 2 rings (SSSR count). The zero-order valence-electron chi connectivity index (χ0n) is 7.59. The minimum absolute atomic E-state index is 0.136. The normalized spacial score (nSPS) is 10.5. The molecule has 2 aromatic rings. The van der Waals surface area contributed by atoms with E-state index in [2.05, 4.69) is 31.8 Å². The molecule has 0 aliphatic carbocycles. The van der Waals surface area contributed by atoms with Gasteiger partial charge in [-0.05, 0) is 11.6 Å². The third-order valence-corrected chi connectivity index (χ3v) is 2.01. The Kier molecular flexibility index (Phi) is 2.75. The van der Waals surface area contributed by atoms with Crippen LogP contribution in [-0.2, 0) is 0 Å². The number of halogens is 2. The van der Waals surface area contributed by atoms with Crippen molar-refractivity contribution in [2.24, 2.45) is 0 Å². The lowest BCUT2D eigenvalue weighted by molar-refractivity contribution is 1.16. The number of H-pyrrole nitrogens is 1. The summed E-state index contributed by atoms with van der Waals surface area (Å²) < 4.78 is 0. The van der Waals surface area contributed by atoms with Crippen LogP contribution in [0.4, 0.5) is 5.82 Å². The first kappa shape index (κ1) is 10.2. The number of aromatic amines is 1. The third kappa shape index (κ3) is 2.19. The maximum absolute atomic E-state index is 5.72. The van der Waals surface area contributed by atoms with E-state index < -0.39 is 0 Å². The predicted molar refractivity (Wildman–Crippen MR) is 60.2 cm³/mol. The molecule has 0 fully saturated rings. The van der Waals surface area contributed by atoms with Crippen LogP contribution in [0, 0.1) is 0 Å². The van der Waals surface area contributed by atoms with Crippen LogP contribution in [0.3, 0.4) is 0 Å². The van der Waals surface area contributed by atoms with Gasteiger partial charge in [-0.15, -0.1) is 0 Å². The summed E-state index contributed by atoms with van der Waals surface area (Å²) in [7, 11) is 0. The van der Waals surface area contributed by atoms with E-state index in [4.69, 9.17) is 23.2 Å². The molecule has 78 valence electrons. The standard InChI is InChI=1S/C8H7Cl2N5/c1-4(9)2-11-6-5-7(13-3-12-5)15-8(10)14-6/h3H,1-2H2,(H2,11,12,13,14,15). The Bertz CT molecular complexity index is 507. The average Bonchev–Trinajstić information content (AvgIpc) is 2.61. The fourth-order valence-corrected chi connectivity index (χ4v) is 1.35. The summed E-state index contributed by atoms with van der Waals surface area (Å²) in [6.45, 7) is 3.97. The number of rotatable bonds is 3. The number of nitrogens with zero attached hydrogens (tertiary/aromatic N) is 3. The SMILES string of the molecule is C=C(Cl)CNc1nc(Cl)nc2nc[nH]c12. The van der Waals surface area contributed by atoms with Crippen LogP contribution in [0.15, 0.2) is 17.9 Å². The molecule has 0 aliphatic heterocycles. The molecule has 2 N–H and O–H groups in total. The molecule has 0 atom stereocenters. The van der Waals surface area contributed by atoms with E-state index in [1.54, 1.807) is 0 Å². The van der Waals surface area contributed by atoms with Crippen molar-refractivity contribution in [3.05, 3.63) is 23.2 Å². The van der Waals surface area contributed by atoms with Crippen molar-refractivity contribution in [2.45, 2.75) is 0 Å². The van der Waals surface area contributed by atoms with Crippen molar-refractivity contribution in [2.75, 3.05) is 11.9 Å². The van der Waals surface area contributed by atoms with Gasteiger partial charge in [0.05, 0.1) is 12.9 Å². The Labute approximate surface area is 95.5 Å². The smallest absolute Gasteiger partial charge is 0.226 e. The summed E-state index contributed by atoms with van der Waals surface area (Å²) in [4.78, 5) is 14.8. The van der Waals surface area contributed by atoms with E-state index in [9.17, 15) is 0 Å². The second-order valence-electron chi connectivity index (χ2n) is 2.81. The first-order valence-corrected chi connectivity index (χ1v) is 4.86. The molecule has 0 aliphatic rings. The zero-order chi connectivity index (χ0) is 10.8. The molecule has 0 spiro atoms. The topological polar surface area (TPSA) is 66.5 Å². The third-order valence-electron chi connectivity index (χ3n) is 1.71. The molecule has 0 radical (unpaired) electrons. The number of hydrogen-bond acceptors (Lipinski definition) is 4. The quantitative estimate of drug-likeness (QED) is 0.812. The number of hydrogen-bond donors (Lipinski definition) is 2. The van der Waals surface area contributed by atoms with Crippen LogP contribution < -0.4 is 5.32 Å². The summed E-state index contributed by atoms with van der Waals surface area (Å²) in [5.41, 5.74) is 1.20. The first-order chi connectivity index (χ1) is 7.16. The molecule has 0 bridgehead atoms. The molecule has 2 aromatic heterocycles. The Morgan fingerprint density at radius 3 is 3.07 bits per heavy atom. The number of anilines is 1. The Balaban J connectivity index is 2.39. The highest BCUT2D eigenvalue weighted by Crippen LogP contribution is 2.18. The van der Waals surface area contributed by atoms with Crippen molar-refractivity contribution < 1.29 is 0 Å². The second-order valence-corrected chi connectivity index (χ2v) is 3.69. The van der Waals surface area contributed by atoms with Crippen LogP contribution >= 0.6 is 23.2 Å². The maximum atomic E-state index is 5.72. The molecule has 5 nitrogen and oxygen atoms in total. The van der Waals surface area contributed by atoms with E-state index in [1.165, 1.54) is 6.33 Å².